The molecule has 1 fully saturated rings. The number of nitrogens with zero attached hydrogens (tertiary/aromatic N) is 2. The molecular formula is C10H16F2N2. The molecule has 0 radical (unpaired) electrons. The van der Waals surface area contributed by atoms with Gasteiger partial charge in [-0.05, 0) is 12.5 Å². The maximum Gasteiger partial charge on any atom is 0.252 e. The highest BCUT2D eigenvalue weighted by Crippen LogP contribution is 2.44. The molecule has 1 aromatic heterocycles. The predicted octanol–water partition coefficient (Wildman–Crippen LogP) is 3.19. The molecule has 0 bridgehead atoms. The van der Waals surface area contributed by atoms with E-state index in [-0.39, 0.29) is 18.9 Å². The molecule has 0 spiro atoms. The van der Waals surface area contributed by atoms with Crippen LogP contribution in [0.25, 0.3) is 0 Å². The zero-order valence-electron chi connectivity index (χ0n) is 8.80. The summed E-state index contributed by atoms with van der Waals surface area (Å²) in [5.74, 6) is -2.45. The Kier molecular flexibility index (Phi) is 3.24. The van der Waals surface area contributed by atoms with Crippen LogP contribution < -0.4 is 0 Å². The van der Waals surface area contributed by atoms with E-state index in [1.54, 1.807) is 17.1 Å². The molecule has 1 aliphatic rings. The first-order valence-electron chi connectivity index (χ1n) is 4.95. The summed E-state index contributed by atoms with van der Waals surface area (Å²) in [5, 5.41) is 3.99. The molecule has 0 aromatic carbocycles. The highest BCUT2D eigenvalue weighted by molar-refractivity contribution is 5.02. The molecule has 0 unspecified atom stereocenters. The number of aryl methyl sites for hydroxylation is 1. The Balaban J connectivity index is 0.000000461. The van der Waals surface area contributed by atoms with Crippen molar-refractivity contribution in [3.05, 3.63) is 18.0 Å². The third kappa shape index (κ3) is 2.30. The van der Waals surface area contributed by atoms with Crippen LogP contribution in [0.4, 0.5) is 8.78 Å². The van der Waals surface area contributed by atoms with E-state index in [4.69, 9.17) is 0 Å². The van der Waals surface area contributed by atoms with Crippen LogP contribution in [0.2, 0.25) is 0 Å². The van der Waals surface area contributed by atoms with Crippen LogP contribution in [0.3, 0.4) is 0 Å². The molecule has 0 amide bonds. The van der Waals surface area contributed by atoms with Crippen molar-refractivity contribution in [2.24, 2.45) is 0 Å². The van der Waals surface area contributed by atoms with Crippen molar-refractivity contribution in [2.45, 2.75) is 45.6 Å². The Morgan fingerprint density at radius 3 is 2.36 bits per heavy atom. The Bertz CT molecular complexity index is 286. The van der Waals surface area contributed by atoms with Crippen molar-refractivity contribution in [3.63, 3.8) is 0 Å². The zero-order valence-corrected chi connectivity index (χ0v) is 8.80. The Labute approximate surface area is 82.9 Å². The van der Waals surface area contributed by atoms with Crippen LogP contribution in [-0.4, -0.2) is 15.7 Å². The Hall–Kier alpha value is -0.930. The van der Waals surface area contributed by atoms with Gasteiger partial charge in [0.2, 0.25) is 0 Å². The molecular weight excluding hydrogens is 186 g/mol. The fourth-order valence-electron chi connectivity index (χ4n) is 1.45. The summed E-state index contributed by atoms with van der Waals surface area (Å²) in [5.41, 5.74) is 1.02. The first-order valence-corrected chi connectivity index (χ1v) is 4.95. The fraction of sp³-hybridized carbons (Fsp3) is 0.700. The van der Waals surface area contributed by atoms with Gasteiger partial charge < -0.3 is 0 Å². The third-order valence-corrected chi connectivity index (χ3v) is 2.17. The van der Waals surface area contributed by atoms with Gasteiger partial charge in [-0.1, -0.05) is 13.8 Å². The molecule has 1 aromatic rings. The van der Waals surface area contributed by atoms with Crippen molar-refractivity contribution in [2.75, 3.05) is 0 Å². The lowest BCUT2D eigenvalue weighted by atomic mass is 9.88. The highest BCUT2D eigenvalue weighted by Gasteiger charge is 2.46. The summed E-state index contributed by atoms with van der Waals surface area (Å²) >= 11 is 0. The number of alkyl halides is 2. The summed E-state index contributed by atoms with van der Waals surface area (Å²) in [6.07, 6.45) is 3.37. The lowest BCUT2D eigenvalue weighted by Crippen LogP contribution is -2.37. The fourth-order valence-corrected chi connectivity index (χ4v) is 1.45. The lowest BCUT2D eigenvalue weighted by Gasteiger charge is -2.34. The summed E-state index contributed by atoms with van der Waals surface area (Å²) in [7, 11) is 0. The minimum atomic E-state index is -2.45. The highest BCUT2D eigenvalue weighted by atomic mass is 19.3. The SMILES string of the molecule is CC.Cc1cnn(C2CC(F)(F)C2)c1. The molecule has 0 saturated heterocycles. The van der Waals surface area contributed by atoms with Crippen LogP contribution in [0.1, 0.15) is 38.3 Å². The van der Waals surface area contributed by atoms with Gasteiger partial charge in [-0.2, -0.15) is 5.10 Å². The maximum absolute atomic E-state index is 12.4. The molecule has 4 heteroatoms. The van der Waals surface area contributed by atoms with E-state index in [0.29, 0.717) is 0 Å². The van der Waals surface area contributed by atoms with Gasteiger partial charge >= 0.3 is 0 Å². The zero-order chi connectivity index (χ0) is 10.8. The van der Waals surface area contributed by atoms with Crippen LogP contribution in [0.15, 0.2) is 12.4 Å². The van der Waals surface area contributed by atoms with Crippen LogP contribution >= 0.6 is 0 Å². The van der Waals surface area contributed by atoms with E-state index >= 15 is 0 Å². The van der Waals surface area contributed by atoms with Gasteiger partial charge in [0.15, 0.2) is 0 Å². The van der Waals surface area contributed by atoms with Crippen LogP contribution in [-0.2, 0) is 0 Å². The summed E-state index contributed by atoms with van der Waals surface area (Å²) in [6, 6.07) is -0.0892. The molecule has 14 heavy (non-hydrogen) atoms. The molecule has 1 heterocycles. The first kappa shape index (κ1) is 11.1. The summed E-state index contributed by atoms with van der Waals surface area (Å²) in [4.78, 5) is 0. The number of hydrogen-bond acceptors (Lipinski definition) is 1. The van der Waals surface area contributed by atoms with Gasteiger partial charge in [-0.25, -0.2) is 8.78 Å². The molecule has 80 valence electrons. The molecule has 2 rings (SSSR count). The molecule has 1 aliphatic carbocycles. The third-order valence-electron chi connectivity index (χ3n) is 2.17. The lowest BCUT2D eigenvalue weighted by molar-refractivity contribution is -0.106. The second-order valence-corrected chi connectivity index (χ2v) is 3.42. The van der Waals surface area contributed by atoms with Crippen molar-refractivity contribution in [1.82, 2.24) is 9.78 Å². The van der Waals surface area contributed by atoms with Crippen molar-refractivity contribution in [3.8, 4) is 0 Å². The smallest absolute Gasteiger partial charge is 0.252 e. The molecule has 0 N–H and O–H groups in total. The van der Waals surface area contributed by atoms with Crippen LogP contribution in [0, 0.1) is 6.92 Å². The number of rotatable bonds is 1. The normalized spacial score (nSPS) is 19.5. The summed E-state index contributed by atoms with van der Waals surface area (Å²) in [6.45, 7) is 5.90. The second kappa shape index (κ2) is 4.07. The van der Waals surface area contributed by atoms with E-state index in [1.807, 2.05) is 20.8 Å². The minimum Gasteiger partial charge on any atom is -0.269 e. The van der Waals surface area contributed by atoms with E-state index in [1.165, 1.54) is 0 Å². The average molecular weight is 202 g/mol. The Morgan fingerprint density at radius 2 is 2.00 bits per heavy atom. The monoisotopic (exact) mass is 202 g/mol. The van der Waals surface area contributed by atoms with Crippen molar-refractivity contribution >= 4 is 0 Å². The largest absolute Gasteiger partial charge is 0.269 e. The molecule has 2 nitrogen and oxygen atoms in total. The van der Waals surface area contributed by atoms with Gasteiger partial charge in [-0.3, -0.25) is 4.68 Å². The van der Waals surface area contributed by atoms with Gasteiger partial charge in [-0.15, -0.1) is 0 Å². The van der Waals surface area contributed by atoms with Gasteiger partial charge in [0, 0.05) is 19.0 Å². The van der Waals surface area contributed by atoms with E-state index in [2.05, 4.69) is 5.10 Å². The Morgan fingerprint density at radius 1 is 1.43 bits per heavy atom. The number of halogens is 2. The van der Waals surface area contributed by atoms with E-state index in [9.17, 15) is 8.78 Å². The van der Waals surface area contributed by atoms with Gasteiger partial charge in [0.1, 0.15) is 0 Å². The van der Waals surface area contributed by atoms with Crippen molar-refractivity contribution in [1.29, 1.82) is 0 Å². The second-order valence-electron chi connectivity index (χ2n) is 3.42. The molecule has 0 atom stereocenters. The van der Waals surface area contributed by atoms with E-state index < -0.39 is 5.92 Å². The average Bonchev–Trinajstić information content (AvgIpc) is 2.51. The quantitative estimate of drug-likeness (QED) is 0.683. The van der Waals surface area contributed by atoms with Crippen LogP contribution in [0.5, 0.6) is 0 Å². The van der Waals surface area contributed by atoms with Gasteiger partial charge in [0.25, 0.3) is 5.92 Å². The standard InChI is InChI=1S/C8H10F2N2.C2H6/c1-6-4-11-12(5-6)7-2-8(9,10)3-7;1-2/h4-5,7H,2-3H2,1H3;1-2H3. The first-order chi connectivity index (χ1) is 6.57. The molecule has 0 aliphatic heterocycles. The number of hydrogen-bond donors (Lipinski definition) is 0. The summed E-state index contributed by atoms with van der Waals surface area (Å²) < 4.78 is 26.5. The van der Waals surface area contributed by atoms with Crippen molar-refractivity contribution < 1.29 is 8.78 Å². The van der Waals surface area contributed by atoms with Gasteiger partial charge in [0.05, 0.1) is 12.2 Å². The maximum atomic E-state index is 12.4. The topological polar surface area (TPSA) is 17.8 Å². The predicted molar refractivity (Wildman–Crippen MR) is 51.5 cm³/mol. The molecule has 1 saturated carbocycles. The number of aromatic nitrogens is 2. The van der Waals surface area contributed by atoms with E-state index in [0.717, 1.165) is 5.56 Å². The minimum absolute atomic E-state index is 0.0614.